The van der Waals surface area contributed by atoms with Crippen LogP contribution in [0.3, 0.4) is 0 Å². The molecule has 2 atom stereocenters. The molecule has 2 aromatic rings. The van der Waals surface area contributed by atoms with Crippen molar-refractivity contribution in [3.63, 3.8) is 0 Å². The summed E-state index contributed by atoms with van der Waals surface area (Å²) in [5.41, 5.74) is 0. The molecule has 0 saturated heterocycles. The highest BCUT2D eigenvalue weighted by Gasteiger charge is 2.25. The Morgan fingerprint density at radius 1 is 1.44 bits per heavy atom. The Bertz CT molecular complexity index is 532. The minimum atomic E-state index is -0.239. The summed E-state index contributed by atoms with van der Waals surface area (Å²) in [4.78, 5) is 12.8. The van der Waals surface area contributed by atoms with Gasteiger partial charge < -0.3 is 10.4 Å². The average Bonchev–Trinajstić information content (AvgIpc) is 3.00. The van der Waals surface area contributed by atoms with Crippen LogP contribution in [0.1, 0.15) is 28.9 Å². The number of rotatable bonds is 3. The molecule has 0 bridgehead atoms. The zero-order valence-corrected chi connectivity index (χ0v) is 11.5. The van der Waals surface area contributed by atoms with Crippen molar-refractivity contribution in [3.05, 3.63) is 22.4 Å². The number of nitrogens with one attached hydrogen (secondary N) is 1. The van der Waals surface area contributed by atoms with Crippen LogP contribution in [-0.4, -0.2) is 23.7 Å². The Morgan fingerprint density at radius 2 is 2.33 bits per heavy atom. The summed E-state index contributed by atoms with van der Waals surface area (Å²) >= 11 is 3.19. The lowest BCUT2D eigenvalue weighted by atomic mass is 10.1. The average molecular weight is 281 g/mol. The molecule has 1 saturated carbocycles. The molecular weight excluding hydrogens is 266 g/mol. The Hall–Kier alpha value is -0.910. The quantitative estimate of drug-likeness (QED) is 0.909. The van der Waals surface area contributed by atoms with Crippen molar-refractivity contribution in [2.45, 2.75) is 25.4 Å². The molecule has 0 aliphatic heterocycles. The van der Waals surface area contributed by atoms with Crippen molar-refractivity contribution in [1.29, 1.82) is 0 Å². The van der Waals surface area contributed by atoms with Crippen LogP contribution >= 0.6 is 22.7 Å². The Morgan fingerprint density at radius 3 is 3.06 bits per heavy atom. The number of thiophene rings is 2. The first-order chi connectivity index (χ1) is 8.74. The zero-order chi connectivity index (χ0) is 12.5. The third kappa shape index (κ3) is 2.30. The SMILES string of the molecule is O=C(NCC1CCCC1O)c1cc2sccc2s1. The first-order valence-electron chi connectivity index (χ1n) is 6.17. The van der Waals surface area contributed by atoms with Crippen LogP contribution in [0.4, 0.5) is 0 Å². The molecule has 5 heteroatoms. The number of aliphatic hydroxyl groups is 1. The van der Waals surface area contributed by atoms with Gasteiger partial charge in [0.25, 0.3) is 5.91 Å². The van der Waals surface area contributed by atoms with Gasteiger partial charge in [-0.2, -0.15) is 0 Å². The molecule has 3 nitrogen and oxygen atoms in total. The Labute approximate surface area is 113 Å². The minimum absolute atomic E-state index is 0.0116. The van der Waals surface area contributed by atoms with E-state index in [1.54, 1.807) is 11.3 Å². The molecule has 1 aliphatic rings. The summed E-state index contributed by atoms with van der Waals surface area (Å²) in [5.74, 6) is 0.220. The van der Waals surface area contributed by atoms with E-state index in [0.29, 0.717) is 6.54 Å². The van der Waals surface area contributed by atoms with E-state index in [2.05, 4.69) is 5.32 Å². The van der Waals surface area contributed by atoms with Gasteiger partial charge in [0, 0.05) is 21.9 Å². The van der Waals surface area contributed by atoms with Gasteiger partial charge in [-0.05, 0) is 30.4 Å². The monoisotopic (exact) mass is 281 g/mol. The second-order valence-corrected chi connectivity index (χ2v) is 6.76. The van der Waals surface area contributed by atoms with Gasteiger partial charge in [-0.3, -0.25) is 4.79 Å². The van der Waals surface area contributed by atoms with Gasteiger partial charge in [-0.15, -0.1) is 22.7 Å². The van der Waals surface area contributed by atoms with E-state index in [0.717, 1.165) is 24.1 Å². The summed E-state index contributed by atoms with van der Waals surface area (Å²) in [5, 5.41) is 14.7. The van der Waals surface area contributed by atoms with E-state index in [-0.39, 0.29) is 17.9 Å². The smallest absolute Gasteiger partial charge is 0.261 e. The van der Waals surface area contributed by atoms with Gasteiger partial charge in [-0.1, -0.05) is 6.42 Å². The minimum Gasteiger partial charge on any atom is -0.393 e. The van der Waals surface area contributed by atoms with Gasteiger partial charge in [0.15, 0.2) is 0 Å². The van der Waals surface area contributed by atoms with Gasteiger partial charge in [0.05, 0.1) is 11.0 Å². The van der Waals surface area contributed by atoms with Crippen LogP contribution in [0.2, 0.25) is 0 Å². The van der Waals surface area contributed by atoms with Crippen molar-refractivity contribution in [2.24, 2.45) is 5.92 Å². The number of hydrogen-bond acceptors (Lipinski definition) is 4. The summed E-state index contributed by atoms with van der Waals surface area (Å²) in [6, 6.07) is 3.99. The molecule has 2 N–H and O–H groups in total. The maximum Gasteiger partial charge on any atom is 0.261 e. The third-order valence-electron chi connectivity index (χ3n) is 3.51. The molecule has 1 amide bonds. The summed E-state index contributed by atoms with van der Waals surface area (Å²) < 4.78 is 2.34. The molecule has 3 rings (SSSR count). The lowest BCUT2D eigenvalue weighted by Gasteiger charge is -2.14. The molecule has 1 fully saturated rings. The zero-order valence-electron chi connectivity index (χ0n) is 9.89. The highest BCUT2D eigenvalue weighted by molar-refractivity contribution is 7.27. The van der Waals surface area contributed by atoms with Crippen LogP contribution in [0.5, 0.6) is 0 Å². The molecule has 2 heterocycles. The second-order valence-electron chi connectivity index (χ2n) is 4.73. The number of amides is 1. The molecule has 2 aromatic heterocycles. The van der Waals surface area contributed by atoms with Gasteiger partial charge in [0.2, 0.25) is 0 Å². The summed E-state index contributed by atoms with van der Waals surface area (Å²) in [6.07, 6.45) is 2.71. The van der Waals surface area contributed by atoms with Crippen LogP contribution in [0.25, 0.3) is 9.40 Å². The fraction of sp³-hybridized carbons (Fsp3) is 0.462. The standard InChI is InChI=1S/C13H15NO2S2/c15-9-3-1-2-8(9)7-14-13(16)12-6-11-10(18-12)4-5-17-11/h4-6,8-9,15H,1-3,7H2,(H,14,16). The highest BCUT2D eigenvalue weighted by Crippen LogP contribution is 2.30. The van der Waals surface area contributed by atoms with E-state index in [4.69, 9.17) is 0 Å². The predicted octanol–water partition coefficient (Wildman–Crippen LogP) is 2.85. The van der Waals surface area contributed by atoms with E-state index < -0.39 is 0 Å². The number of carbonyl (C=O) groups excluding carboxylic acids is 1. The highest BCUT2D eigenvalue weighted by atomic mass is 32.1. The summed E-state index contributed by atoms with van der Waals surface area (Å²) in [6.45, 7) is 0.589. The summed E-state index contributed by atoms with van der Waals surface area (Å²) in [7, 11) is 0. The van der Waals surface area contributed by atoms with Crippen molar-refractivity contribution in [3.8, 4) is 0 Å². The maximum absolute atomic E-state index is 12.0. The molecule has 96 valence electrons. The van der Waals surface area contributed by atoms with Gasteiger partial charge in [-0.25, -0.2) is 0 Å². The number of aliphatic hydroxyl groups excluding tert-OH is 1. The van der Waals surface area contributed by atoms with E-state index in [1.165, 1.54) is 20.7 Å². The predicted molar refractivity (Wildman–Crippen MR) is 75.4 cm³/mol. The van der Waals surface area contributed by atoms with Gasteiger partial charge in [0.1, 0.15) is 0 Å². The topological polar surface area (TPSA) is 49.3 Å². The molecule has 0 radical (unpaired) electrons. The van der Waals surface area contributed by atoms with Crippen LogP contribution in [0.15, 0.2) is 17.5 Å². The number of fused-ring (bicyclic) bond motifs is 1. The second kappa shape index (κ2) is 4.99. The van der Waals surface area contributed by atoms with Crippen LogP contribution in [0, 0.1) is 5.92 Å². The normalized spacial score (nSPS) is 23.6. The van der Waals surface area contributed by atoms with E-state index in [9.17, 15) is 9.90 Å². The molecule has 0 aromatic carbocycles. The van der Waals surface area contributed by atoms with Crippen LogP contribution in [-0.2, 0) is 0 Å². The van der Waals surface area contributed by atoms with E-state index in [1.807, 2.05) is 17.5 Å². The molecular formula is C13H15NO2S2. The lowest BCUT2D eigenvalue weighted by Crippen LogP contribution is -2.31. The molecule has 1 aliphatic carbocycles. The first kappa shape index (κ1) is 12.1. The molecule has 2 unspecified atom stereocenters. The maximum atomic E-state index is 12.0. The lowest BCUT2D eigenvalue weighted by molar-refractivity contribution is 0.0921. The number of carbonyl (C=O) groups is 1. The van der Waals surface area contributed by atoms with Gasteiger partial charge >= 0.3 is 0 Å². The van der Waals surface area contributed by atoms with Crippen molar-refractivity contribution >= 4 is 38.0 Å². The van der Waals surface area contributed by atoms with Crippen molar-refractivity contribution in [2.75, 3.05) is 6.54 Å². The Balaban J connectivity index is 1.62. The first-order valence-corrected chi connectivity index (χ1v) is 7.87. The third-order valence-corrected chi connectivity index (χ3v) is 5.60. The number of hydrogen-bond donors (Lipinski definition) is 2. The molecule has 18 heavy (non-hydrogen) atoms. The fourth-order valence-corrected chi connectivity index (χ4v) is 4.47. The van der Waals surface area contributed by atoms with E-state index >= 15 is 0 Å². The van der Waals surface area contributed by atoms with Crippen molar-refractivity contribution < 1.29 is 9.90 Å². The Kier molecular flexibility index (Phi) is 3.37. The van der Waals surface area contributed by atoms with Crippen molar-refractivity contribution in [1.82, 2.24) is 5.32 Å². The largest absolute Gasteiger partial charge is 0.393 e. The fourth-order valence-electron chi connectivity index (χ4n) is 2.44. The van der Waals surface area contributed by atoms with Crippen LogP contribution < -0.4 is 5.32 Å². The molecule has 0 spiro atoms.